The first-order valence-electron chi connectivity index (χ1n) is 4.92. The smallest absolute Gasteiger partial charge is 0.101 e. The summed E-state index contributed by atoms with van der Waals surface area (Å²) in [6.45, 7) is 1.13. The van der Waals surface area contributed by atoms with Gasteiger partial charge in [-0.2, -0.15) is 5.26 Å². The first-order chi connectivity index (χ1) is 6.84. The molecule has 0 aromatic carbocycles. The molecular weight excluding hydrogens is 174 g/mol. The third-order valence-electron chi connectivity index (χ3n) is 3.38. The van der Waals surface area contributed by atoms with Crippen molar-refractivity contribution >= 4 is 0 Å². The molecule has 1 aliphatic heterocycles. The minimum atomic E-state index is 0.447. The Morgan fingerprint density at radius 3 is 2.93 bits per heavy atom. The molecule has 1 saturated heterocycles. The van der Waals surface area contributed by atoms with E-state index in [1.165, 1.54) is 18.4 Å². The van der Waals surface area contributed by atoms with Gasteiger partial charge >= 0.3 is 0 Å². The van der Waals surface area contributed by atoms with E-state index in [-0.39, 0.29) is 0 Å². The van der Waals surface area contributed by atoms with Crippen molar-refractivity contribution in [2.45, 2.75) is 18.9 Å². The lowest BCUT2D eigenvalue weighted by molar-refractivity contribution is 0.209. The Hall–Kier alpha value is -1.40. The second-order valence-electron chi connectivity index (χ2n) is 4.30. The highest BCUT2D eigenvalue weighted by Crippen LogP contribution is 2.59. The highest BCUT2D eigenvalue weighted by molar-refractivity contribution is 5.34. The molecule has 1 aromatic heterocycles. The highest BCUT2D eigenvalue weighted by atomic mass is 15.1. The first-order valence-corrected chi connectivity index (χ1v) is 4.92. The Morgan fingerprint density at radius 1 is 1.50 bits per heavy atom. The molecule has 3 nitrogen and oxygen atoms in total. The molecule has 1 saturated carbocycles. The quantitative estimate of drug-likeness (QED) is 0.719. The lowest BCUT2D eigenvalue weighted by atomic mass is 9.83. The van der Waals surface area contributed by atoms with Gasteiger partial charge in [0.2, 0.25) is 0 Å². The summed E-state index contributed by atoms with van der Waals surface area (Å²) in [7, 11) is 0. The summed E-state index contributed by atoms with van der Waals surface area (Å²) >= 11 is 0. The number of nitrogens with zero attached hydrogens (tertiary/aromatic N) is 2. The van der Waals surface area contributed by atoms with Gasteiger partial charge in [-0.3, -0.25) is 4.98 Å². The van der Waals surface area contributed by atoms with Crippen LogP contribution in [0.2, 0.25) is 0 Å². The van der Waals surface area contributed by atoms with Gasteiger partial charge in [0.05, 0.1) is 5.56 Å². The lowest BCUT2D eigenvalue weighted by Gasteiger charge is -2.39. The maximum absolute atomic E-state index is 8.77. The van der Waals surface area contributed by atoms with E-state index in [1.807, 2.05) is 12.3 Å². The second kappa shape index (κ2) is 2.55. The molecule has 1 N–H and O–H groups in total. The molecule has 1 unspecified atom stereocenters. The third-order valence-corrected chi connectivity index (χ3v) is 3.38. The van der Waals surface area contributed by atoms with Crippen LogP contribution in [0.25, 0.3) is 0 Å². The van der Waals surface area contributed by atoms with Crippen LogP contribution in [0.1, 0.15) is 30.0 Å². The van der Waals surface area contributed by atoms with Gasteiger partial charge in [-0.25, -0.2) is 0 Å². The Morgan fingerprint density at radius 2 is 2.36 bits per heavy atom. The van der Waals surface area contributed by atoms with Crippen LogP contribution in [0.15, 0.2) is 18.5 Å². The Kier molecular flexibility index (Phi) is 1.45. The largest absolute Gasteiger partial charge is 0.309 e. The number of nitrogens with one attached hydrogen (secondary N) is 1. The molecule has 2 heterocycles. The summed E-state index contributed by atoms with van der Waals surface area (Å²) in [5.41, 5.74) is 2.36. The molecule has 2 fully saturated rings. The van der Waals surface area contributed by atoms with Crippen molar-refractivity contribution in [1.82, 2.24) is 10.3 Å². The molecule has 0 radical (unpaired) electrons. The fourth-order valence-electron chi connectivity index (χ4n) is 2.27. The molecule has 2 aliphatic rings. The van der Waals surface area contributed by atoms with Gasteiger partial charge in [0.1, 0.15) is 6.07 Å². The third kappa shape index (κ3) is 0.978. The van der Waals surface area contributed by atoms with Crippen LogP contribution in [0.5, 0.6) is 0 Å². The first kappa shape index (κ1) is 7.95. The van der Waals surface area contributed by atoms with Gasteiger partial charge in [0.15, 0.2) is 0 Å². The van der Waals surface area contributed by atoms with Crippen molar-refractivity contribution < 1.29 is 0 Å². The van der Waals surface area contributed by atoms with Gasteiger partial charge < -0.3 is 5.32 Å². The molecule has 1 aliphatic carbocycles. The van der Waals surface area contributed by atoms with Crippen LogP contribution in [-0.4, -0.2) is 11.5 Å². The fraction of sp³-hybridized carbons (Fsp3) is 0.455. The van der Waals surface area contributed by atoms with E-state index >= 15 is 0 Å². The standard InChI is InChI=1S/C11H11N3/c12-4-8-3-9(6-13-5-8)10-11(1-2-11)7-14-10/h3,5-6,10,14H,1-2,7H2. The highest BCUT2D eigenvalue weighted by Gasteiger charge is 2.56. The monoisotopic (exact) mass is 185 g/mol. The van der Waals surface area contributed by atoms with E-state index in [9.17, 15) is 0 Å². The number of aromatic nitrogens is 1. The summed E-state index contributed by atoms with van der Waals surface area (Å²) in [6, 6.07) is 4.52. The van der Waals surface area contributed by atoms with E-state index in [0.717, 1.165) is 6.54 Å². The topological polar surface area (TPSA) is 48.7 Å². The number of nitriles is 1. The van der Waals surface area contributed by atoms with E-state index in [0.29, 0.717) is 17.0 Å². The van der Waals surface area contributed by atoms with E-state index in [1.54, 1.807) is 6.20 Å². The average molecular weight is 185 g/mol. The molecule has 0 bridgehead atoms. The number of hydrogen-bond acceptors (Lipinski definition) is 3. The fourth-order valence-corrected chi connectivity index (χ4v) is 2.27. The molecule has 0 amide bonds. The van der Waals surface area contributed by atoms with Crippen molar-refractivity contribution in [1.29, 1.82) is 5.26 Å². The predicted octanol–water partition coefficient (Wildman–Crippen LogP) is 1.38. The van der Waals surface area contributed by atoms with Crippen LogP contribution in [0, 0.1) is 16.7 Å². The Labute approximate surface area is 82.8 Å². The number of rotatable bonds is 1. The summed E-state index contributed by atoms with van der Waals surface area (Å²) in [6.07, 6.45) is 6.13. The second-order valence-corrected chi connectivity index (χ2v) is 4.30. The Bertz CT molecular complexity index is 415. The zero-order valence-electron chi connectivity index (χ0n) is 7.83. The van der Waals surface area contributed by atoms with Crippen LogP contribution in [0.4, 0.5) is 0 Å². The van der Waals surface area contributed by atoms with E-state index in [4.69, 9.17) is 5.26 Å². The lowest BCUT2D eigenvalue weighted by Crippen LogP contribution is -2.47. The molecular formula is C11H11N3. The summed E-state index contributed by atoms with van der Waals surface area (Å²) in [5, 5.41) is 12.2. The van der Waals surface area contributed by atoms with Crippen LogP contribution in [-0.2, 0) is 0 Å². The van der Waals surface area contributed by atoms with Crippen molar-refractivity contribution in [3.8, 4) is 6.07 Å². The normalized spacial score (nSPS) is 26.6. The zero-order valence-corrected chi connectivity index (χ0v) is 7.83. The SMILES string of the molecule is N#Cc1cncc(C2NCC23CC3)c1. The van der Waals surface area contributed by atoms with E-state index < -0.39 is 0 Å². The molecule has 1 atom stereocenters. The number of pyridine rings is 1. The molecule has 1 aromatic rings. The van der Waals surface area contributed by atoms with Gasteiger partial charge in [-0.1, -0.05) is 0 Å². The maximum atomic E-state index is 8.77. The summed E-state index contributed by atoms with van der Waals surface area (Å²) in [5.74, 6) is 0. The van der Waals surface area contributed by atoms with E-state index in [2.05, 4.69) is 16.4 Å². The molecule has 3 heteroatoms. The van der Waals surface area contributed by atoms with Crippen molar-refractivity contribution in [2.75, 3.05) is 6.54 Å². The van der Waals surface area contributed by atoms with Gasteiger partial charge in [-0.15, -0.1) is 0 Å². The molecule has 3 rings (SSSR count). The van der Waals surface area contributed by atoms with Crippen LogP contribution >= 0.6 is 0 Å². The number of hydrogen-bond donors (Lipinski definition) is 1. The van der Waals surface area contributed by atoms with Crippen LogP contribution < -0.4 is 5.32 Å². The summed E-state index contributed by atoms with van der Waals surface area (Å²) < 4.78 is 0. The minimum Gasteiger partial charge on any atom is -0.309 e. The van der Waals surface area contributed by atoms with Gasteiger partial charge in [0.25, 0.3) is 0 Å². The summed E-state index contributed by atoms with van der Waals surface area (Å²) in [4.78, 5) is 4.09. The van der Waals surface area contributed by atoms with Crippen molar-refractivity contribution in [2.24, 2.45) is 5.41 Å². The molecule has 70 valence electrons. The average Bonchev–Trinajstić information content (AvgIpc) is 2.98. The van der Waals surface area contributed by atoms with Gasteiger partial charge in [0, 0.05) is 30.4 Å². The van der Waals surface area contributed by atoms with Crippen molar-refractivity contribution in [3.63, 3.8) is 0 Å². The predicted molar refractivity (Wildman–Crippen MR) is 51.4 cm³/mol. The minimum absolute atomic E-state index is 0.447. The van der Waals surface area contributed by atoms with Gasteiger partial charge in [-0.05, 0) is 24.5 Å². The Balaban J connectivity index is 1.93. The van der Waals surface area contributed by atoms with Crippen molar-refractivity contribution in [3.05, 3.63) is 29.6 Å². The zero-order chi connectivity index (χ0) is 9.60. The maximum Gasteiger partial charge on any atom is 0.101 e. The molecule has 1 spiro atoms. The molecule has 14 heavy (non-hydrogen) atoms. The van der Waals surface area contributed by atoms with Crippen LogP contribution in [0.3, 0.4) is 0 Å².